The highest BCUT2D eigenvalue weighted by Gasteiger charge is 2.46. The van der Waals surface area contributed by atoms with Crippen molar-refractivity contribution in [1.29, 1.82) is 0 Å². The van der Waals surface area contributed by atoms with Crippen LogP contribution in [0, 0.1) is 0 Å². The smallest absolute Gasteiger partial charge is 0.437 e. The van der Waals surface area contributed by atoms with Gasteiger partial charge in [0.2, 0.25) is 0 Å². The average Bonchev–Trinajstić information content (AvgIpc) is 2.54. The van der Waals surface area contributed by atoms with Crippen molar-refractivity contribution in [1.82, 2.24) is 0 Å². The summed E-state index contributed by atoms with van der Waals surface area (Å²) < 4.78 is 46.6. The number of nitrogens with two attached hydrogens (primary N) is 1. The van der Waals surface area contributed by atoms with Gasteiger partial charge in [0.25, 0.3) is 14.1 Å². The first-order chi connectivity index (χ1) is 11.3. The minimum absolute atomic E-state index is 0.0894. The predicted octanol–water partition coefficient (Wildman–Crippen LogP) is -4.82. The summed E-state index contributed by atoms with van der Waals surface area (Å²) in [6.45, 7) is 3.14. The van der Waals surface area contributed by atoms with Gasteiger partial charge in [0.1, 0.15) is 0 Å². The maximum absolute atomic E-state index is 11.3. The second kappa shape index (κ2) is 13.0. The summed E-state index contributed by atoms with van der Waals surface area (Å²) in [7, 11) is -7.69. The van der Waals surface area contributed by atoms with E-state index in [4.69, 9.17) is 28.5 Å². The third-order valence-corrected chi connectivity index (χ3v) is 3.42. The number of hydrogen-bond donors (Lipinski definition) is 4. The van der Waals surface area contributed by atoms with E-state index in [2.05, 4.69) is 16.8 Å². The minimum Gasteiger partial charge on any atom is -0.485 e. The van der Waals surface area contributed by atoms with Crippen LogP contribution in [0.4, 0.5) is 0 Å². The number of rotatable bonds is 15. The molecule has 18 heteroatoms. The second-order valence-corrected chi connectivity index (χ2v) is 6.21. The van der Waals surface area contributed by atoms with Crippen LogP contribution in [0.1, 0.15) is 13.3 Å². The van der Waals surface area contributed by atoms with Gasteiger partial charge in [-0.1, -0.05) is 5.57 Å². The molecule has 0 heterocycles. The monoisotopic (exact) mass is 363 g/mol. The van der Waals surface area contributed by atoms with Gasteiger partial charge < -0.3 is 33.5 Å². The van der Waals surface area contributed by atoms with Crippen LogP contribution in [0.2, 0.25) is 0 Å². The molecule has 0 rings (SSSR count). The summed E-state index contributed by atoms with van der Waals surface area (Å²) in [4.78, 5) is 0. The lowest BCUT2D eigenvalue weighted by Crippen LogP contribution is -2.59. The van der Waals surface area contributed by atoms with Crippen LogP contribution in [0.3, 0.4) is 0 Å². The van der Waals surface area contributed by atoms with Gasteiger partial charge in [-0.3, -0.25) is 0 Å². The van der Waals surface area contributed by atoms with Crippen molar-refractivity contribution in [3.8, 4) is 0 Å². The van der Waals surface area contributed by atoms with Gasteiger partial charge in [-0.2, -0.15) is 18.6 Å². The fourth-order valence-electron chi connectivity index (χ4n) is 1.56. The van der Waals surface area contributed by atoms with Crippen LogP contribution in [0.5, 0.6) is 0 Å². The molecule has 0 amide bonds. The molecule has 0 saturated heterocycles. The van der Waals surface area contributed by atoms with Crippen molar-refractivity contribution in [3.63, 3.8) is 0 Å². The molecule has 0 aliphatic rings. The molecule has 0 saturated carbocycles. The molecule has 24 heavy (non-hydrogen) atoms. The Labute approximate surface area is 144 Å². The van der Waals surface area contributed by atoms with Crippen molar-refractivity contribution < 1.29 is 46.2 Å². The van der Waals surface area contributed by atoms with E-state index in [0.717, 1.165) is 5.57 Å². The highest BCUT2D eigenvalue weighted by Crippen LogP contribution is 2.07. The molecule has 0 fully saturated rings. The van der Waals surface area contributed by atoms with Crippen molar-refractivity contribution >= 4 is 53.3 Å². The van der Waals surface area contributed by atoms with E-state index in [0.29, 0.717) is 6.42 Å². The van der Waals surface area contributed by atoms with E-state index in [1.165, 1.54) is 0 Å². The minimum atomic E-state index is -4.16. The van der Waals surface area contributed by atoms with E-state index in [9.17, 15) is 13.4 Å². The van der Waals surface area contributed by atoms with Crippen molar-refractivity contribution in [2.45, 2.75) is 13.3 Å². The molecule has 11 nitrogen and oxygen atoms in total. The summed E-state index contributed by atoms with van der Waals surface area (Å²) in [5, 5.41) is 27.1. The van der Waals surface area contributed by atoms with Gasteiger partial charge in [-0.25, -0.2) is 0 Å². The first-order valence-corrected chi connectivity index (χ1v) is 8.43. The lowest BCUT2D eigenvalue weighted by Gasteiger charge is -2.24. The van der Waals surface area contributed by atoms with Crippen LogP contribution in [-0.2, 0) is 32.9 Å². The maximum atomic E-state index is 11.3. The van der Waals surface area contributed by atoms with E-state index in [1.807, 2.05) is 0 Å². The summed E-state index contributed by atoms with van der Waals surface area (Å²) in [5.41, 5.74) is 0.802. The SMILES string of the molecule is C=C(C)CCOB(OCS(=O)(=O)ON)B(OBO)B(BO)OBO. The molecule has 0 spiro atoms. The Morgan fingerprint density at radius 3 is 2.29 bits per heavy atom. The topological polar surface area (TPSA) is 167 Å². The lowest BCUT2D eigenvalue weighted by atomic mass is 9.02. The molecule has 5 N–H and O–H groups in total. The van der Waals surface area contributed by atoms with Crippen LogP contribution >= 0.6 is 0 Å². The van der Waals surface area contributed by atoms with E-state index < -0.39 is 59.2 Å². The van der Waals surface area contributed by atoms with E-state index in [-0.39, 0.29) is 6.61 Å². The predicted molar refractivity (Wildman–Crippen MR) is 93.1 cm³/mol. The Balaban J connectivity index is 5.12. The quantitative estimate of drug-likeness (QED) is 0.125. The molecule has 0 aromatic carbocycles. The molecule has 0 radical (unpaired) electrons. The van der Waals surface area contributed by atoms with Gasteiger partial charge in [-0.05, 0) is 13.3 Å². The molecule has 0 aliphatic carbocycles. The standard InChI is InChI=1S/C6H19B6NO10S/c1-6(2)3-4-19-12(20-5-24(17,18)23-13)11(22-9-16)10(7-14)21-8-15/h7-9,14-16H,1,3-5,13H2,2H3. The van der Waals surface area contributed by atoms with Crippen LogP contribution in [0.15, 0.2) is 12.2 Å². The van der Waals surface area contributed by atoms with Gasteiger partial charge in [-0.15, -0.1) is 6.58 Å². The molecule has 132 valence electrons. The maximum Gasteiger partial charge on any atom is 0.437 e. The Morgan fingerprint density at radius 2 is 1.83 bits per heavy atom. The highest BCUT2D eigenvalue weighted by molar-refractivity contribution is 7.86. The Kier molecular flexibility index (Phi) is 12.8. The van der Waals surface area contributed by atoms with Crippen molar-refractivity contribution in [2.24, 2.45) is 5.90 Å². The fourth-order valence-corrected chi connectivity index (χ4v) is 1.92. The second-order valence-electron chi connectivity index (χ2n) is 4.66. The van der Waals surface area contributed by atoms with Crippen LogP contribution in [-0.4, -0.2) is 79.2 Å². The lowest BCUT2D eigenvalue weighted by molar-refractivity contribution is 0.223. The average molecular weight is 362 g/mol. The molecular weight excluding hydrogens is 343 g/mol. The molecule has 0 aromatic rings. The molecule has 0 unspecified atom stereocenters. The molecule has 0 aromatic heterocycles. The Morgan fingerprint density at radius 1 is 1.21 bits per heavy atom. The first kappa shape index (κ1) is 23.7. The third kappa shape index (κ3) is 9.88. The van der Waals surface area contributed by atoms with Gasteiger partial charge in [0.05, 0.1) is 0 Å². The Hall–Kier alpha value is -0.280. The largest absolute Gasteiger partial charge is 0.485 e. The fraction of sp³-hybridized carbons (Fsp3) is 0.667. The van der Waals surface area contributed by atoms with E-state index >= 15 is 0 Å². The summed E-state index contributed by atoms with van der Waals surface area (Å²) in [6, 6.07) is 0. The van der Waals surface area contributed by atoms with E-state index in [1.54, 1.807) is 6.92 Å². The zero-order valence-electron chi connectivity index (χ0n) is 13.4. The van der Waals surface area contributed by atoms with Crippen LogP contribution < -0.4 is 5.90 Å². The zero-order chi connectivity index (χ0) is 18.6. The highest BCUT2D eigenvalue weighted by atomic mass is 32.2. The van der Waals surface area contributed by atoms with Gasteiger partial charge in [0, 0.05) is 6.61 Å². The van der Waals surface area contributed by atoms with Crippen LogP contribution in [0.25, 0.3) is 0 Å². The third-order valence-electron chi connectivity index (χ3n) is 2.70. The van der Waals surface area contributed by atoms with Crippen molar-refractivity contribution in [2.75, 3.05) is 12.5 Å². The molecular formula is C6H19B6NO10S. The summed E-state index contributed by atoms with van der Waals surface area (Å²) >= 11 is 0. The summed E-state index contributed by atoms with van der Waals surface area (Å²) in [5.74, 6) is 3.64. The normalized spacial score (nSPS) is 10.9. The zero-order valence-corrected chi connectivity index (χ0v) is 14.2. The number of hydrogen-bond acceptors (Lipinski definition) is 11. The van der Waals surface area contributed by atoms with Crippen molar-refractivity contribution in [3.05, 3.63) is 12.2 Å². The molecule has 0 bridgehead atoms. The first-order valence-electron chi connectivity index (χ1n) is 6.85. The van der Waals surface area contributed by atoms with Gasteiger partial charge in [0.15, 0.2) is 5.94 Å². The van der Waals surface area contributed by atoms with Gasteiger partial charge >= 0.3 is 39.2 Å². The Bertz CT molecular complexity index is 455. The summed E-state index contributed by atoms with van der Waals surface area (Å²) in [6.07, 6.45) is 0.441. The molecule has 0 aliphatic heterocycles. The molecule has 0 atom stereocenters.